The van der Waals surface area contributed by atoms with Gasteiger partial charge in [-0.05, 0) is 31.9 Å². The third-order valence-corrected chi connectivity index (χ3v) is 3.40. The summed E-state index contributed by atoms with van der Waals surface area (Å²) in [5.74, 6) is 5.67. The van der Waals surface area contributed by atoms with E-state index in [1.165, 1.54) is 25.3 Å². The van der Waals surface area contributed by atoms with Gasteiger partial charge in [-0.1, -0.05) is 30.9 Å². The average molecular weight is 249 g/mol. The van der Waals surface area contributed by atoms with E-state index in [1.807, 2.05) is 6.92 Å². The highest BCUT2D eigenvalue weighted by atomic mass is 19.1. The van der Waals surface area contributed by atoms with E-state index in [0.29, 0.717) is 11.4 Å². The van der Waals surface area contributed by atoms with Crippen molar-refractivity contribution < 1.29 is 4.39 Å². The van der Waals surface area contributed by atoms with Gasteiger partial charge < -0.3 is 5.43 Å². The van der Waals surface area contributed by atoms with Crippen molar-refractivity contribution in [2.75, 3.05) is 0 Å². The second kappa shape index (κ2) is 5.96. The smallest absolute Gasteiger partial charge is 0.145 e. The van der Waals surface area contributed by atoms with Crippen molar-refractivity contribution in [1.82, 2.24) is 5.43 Å². The summed E-state index contributed by atoms with van der Waals surface area (Å²) in [6, 6.07) is 5.24. The summed E-state index contributed by atoms with van der Waals surface area (Å²) < 4.78 is 13.8. The molecule has 0 aromatic heterocycles. The zero-order chi connectivity index (χ0) is 13.0. The Labute approximate surface area is 107 Å². The Bertz CT molecular complexity index is 437. The molecule has 3 nitrogen and oxygen atoms in total. The van der Waals surface area contributed by atoms with E-state index < -0.39 is 0 Å². The Morgan fingerprint density at radius 2 is 2.06 bits per heavy atom. The molecule has 0 spiro atoms. The van der Waals surface area contributed by atoms with Crippen molar-refractivity contribution in [2.24, 2.45) is 10.8 Å². The molecule has 4 heteroatoms. The molecular weight excluding hydrogens is 229 g/mol. The summed E-state index contributed by atoms with van der Waals surface area (Å²) in [5.41, 5.74) is 4.00. The predicted molar refractivity (Wildman–Crippen MR) is 71.9 cm³/mol. The number of hydrazine groups is 1. The molecule has 3 N–H and O–H groups in total. The second-order valence-electron chi connectivity index (χ2n) is 4.90. The molecule has 0 bridgehead atoms. The summed E-state index contributed by atoms with van der Waals surface area (Å²) in [6.45, 7) is 1.93. The van der Waals surface area contributed by atoms with Crippen LogP contribution in [0.3, 0.4) is 0 Å². The number of nitrogens with one attached hydrogen (secondary N) is 1. The Hall–Kier alpha value is -1.42. The number of hydrogen-bond donors (Lipinski definition) is 2. The van der Waals surface area contributed by atoms with Crippen molar-refractivity contribution in [1.29, 1.82) is 0 Å². The van der Waals surface area contributed by atoms with Gasteiger partial charge in [-0.3, -0.25) is 4.99 Å². The maximum absolute atomic E-state index is 13.8. The summed E-state index contributed by atoms with van der Waals surface area (Å²) in [4.78, 5) is 4.57. The third-order valence-electron chi connectivity index (χ3n) is 3.40. The van der Waals surface area contributed by atoms with Crippen LogP contribution in [-0.4, -0.2) is 11.9 Å². The van der Waals surface area contributed by atoms with Crippen LogP contribution >= 0.6 is 0 Å². The molecule has 1 aromatic carbocycles. The lowest BCUT2D eigenvalue weighted by Gasteiger charge is -2.19. The van der Waals surface area contributed by atoms with E-state index in [4.69, 9.17) is 5.84 Å². The van der Waals surface area contributed by atoms with Crippen molar-refractivity contribution in [3.8, 4) is 0 Å². The highest BCUT2D eigenvalue weighted by molar-refractivity contribution is 5.98. The van der Waals surface area contributed by atoms with Gasteiger partial charge in [0.1, 0.15) is 11.7 Å². The number of amidine groups is 1. The first kappa shape index (κ1) is 13.0. The van der Waals surface area contributed by atoms with Crippen molar-refractivity contribution in [2.45, 2.75) is 45.1 Å². The molecule has 0 amide bonds. The van der Waals surface area contributed by atoms with Gasteiger partial charge in [-0.2, -0.15) is 0 Å². The average Bonchev–Trinajstić information content (AvgIpc) is 2.40. The Morgan fingerprint density at radius 3 is 2.72 bits per heavy atom. The van der Waals surface area contributed by atoms with Gasteiger partial charge in [0.2, 0.25) is 0 Å². The Balaban J connectivity index is 2.26. The Kier molecular flexibility index (Phi) is 4.31. The lowest BCUT2D eigenvalue weighted by atomic mass is 9.96. The van der Waals surface area contributed by atoms with Crippen LogP contribution in [0.2, 0.25) is 0 Å². The summed E-state index contributed by atoms with van der Waals surface area (Å²) >= 11 is 0. The normalized spacial score (nSPS) is 17.8. The number of rotatable bonds is 2. The molecule has 0 radical (unpaired) electrons. The maximum atomic E-state index is 13.8. The van der Waals surface area contributed by atoms with Gasteiger partial charge in [0.15, 0.2) is 0 Å². The van der Waals surface area contributed by atoms with Crippen LogP contribution in [0.15, 0.2) is 23.2 Å². The van der Waals surface area contributed by atoms with Crippen LogP contribution < -0.4 is 11.3 Å². The number of benzene rings is 1. The lowest BCUT2D eigenvalue weighted by molar-refractivity contribution is 0.442. The zero-order valence-electron chi connectivity index (χ0n) is 10.7. The fraction of sp³-hybridized carbons (Fsp3) is 0.500. The molecule has 18 heavy (non-hydrogen) atoms. The molecule has 1 fully saturated rings. The van der Waals surface area contributed by atoms with E-state index in [9.17, 15) is 4.39 Å². The SMILES string of the molecule is Cc1ccc(F)c(C(=NC2CCCCC2)NN)c1. The minimum Gasteiger partial charge on any atom is -0.308 e. The van der Waals surface area contributed by atoms with Crippen molar-refractivity contribution >= 4 is 5.84 Å². The minimum atomic E-state index is -0.284. The molecular formula is C14H20FN3. The van der Waals surface area contributed by atoms with Crippen molar-refractivity contribution in [3.05, 3.63) is 35.1 Å². The van der Waals surface area contributed by atoms with Crippen LogP contribution in [0.25, 0.3) is 0 Å². The number of aryl methyl sites for hydroxylation is 1. The standard InChI is InChI=1S/C14H20FN3/c1-10-7-8-13(15)12(9-10)14(18-16)17-11-5-3-2-4-6-11/h7-9,11H,2-6,16H2,1H3,(H,17,18). The molecule has 1 aromatic rings. The molecule has 0 unspecified atom stereocenters. The third kappa shape index (κ3) is 3.07. The number of hydrogen-bond acceptors (Lipinski definition) is 2. The Morgan fingerprint density at radius 1 is 1.33 bits per heavy atom. The molecule has 0 heterocycles. The molecule has 2 rings (SSSR count). The molecule has 1 saturated carbocycles. The van der Waals surface area contributed by atoms with Crippen LogP contribution in [0, 0.1) is 12.7 Å². The number of nitrogens with two attached hydrogens (primary N) is 1. The van der Waals surface area contributed by atoms with Crippen LogP contribution in [0.4, 0.5) is 4.39 Å². The number of halogens is 1. The summed E-state index contributed by atoms with van der Waals surface area (Å²) in [6.07, 6.45) is 5.80. The fourth-order valence-corrected chi connectivity index (χ4v) is 2.40. The summed E-state index contributed by atoms with van der Waals surface area (Å²) in [5, 5.41) is 0. The highest BCUT2D eigenvalue weighted by Gasteiger charge is 2.15. The van der Waals surface area contributed by atoms with Gasteiger partial charge in [-0.25, -0.2) is 10.2 Å². The molecule has 0 saturated heterocycles. The van der Waals surface area contributed by atoms with E-state index in [-0.39, 0.29) is 11.9 Å². The van der Waals surface area contributed by atoms with Crippen molar-refractivity contribution in [3.63, 3.8) is 0 Å². The van der Waals surface area contributed by atoms with Gasteiger partial charge in [0.05, 0.1) is 11.6 Å². The molecule has 0 atom stereocenters. The van der Waals surface area contributed by atoms with Crippen LogP contribution in [0.5, 0.6) is 0 Å². The van der Waals surface area contributed by atoms with E-state index in [2.05, 4.69) is 10.4 Å². The largest absolute Gasteiger partial charge is 0.308 e. The number of aliphatic imine (C=N–C) groups is 1. The predicted octanol–water partition coefficient (Wildman–Crippen LogP) is 2.68. The zero-order valence-corrected chi connectivity index (χ0v) is 10.7. The minimum absolute atomic E-state index is 0.268. The molecule has 0 aliphatic heterocycles. The van der Waals surface area contributed by atoms with E-state index in [0.717, 1.165) is 18.4 Å². The monoisotopic (exact) mass is 249 g/mol. The first-order valence-electron chi connectivity index (χ1n) is 6.51. The second-order valence-corrected chi connectivity index (χ2v) is 4.90. The fourth-order valence-electron chi connectivity index (χ4n) is 2.40. The highest BCUT2D eigenvalue weighted by Crippen LogP contribution is 2.21. The quantitative estimate of drug-likeness (QED) is 0.366. The maximum Gasteiger partial charge on any atom is 0.145 e. The van der Waals surface area contributed by atoms with Gasteiger partial charge in [0, 0.05) is 0 Å². The first-order valence-corrected chi connectivity index (χ1v) is 6.51. The van der Waals surface area contributed by atoms with Gasteiger partial charge >= 0.3 is 0 Å². The lowest BCUT2D eigenvalue weighted by Crippen LogP contribution is -2.33. The van der Waals surface area contributed by atoms with E-state index >= 15 is 0 Å². The van der Waals surface area contributed by atoms with Crippen LogP contribution in [-0.2, 0) is 0 Å². The first-order chi connectivity index (χ1) is 8.70. The summed E-state index contributed by atoms with van der Waals surface area (Å²) in [7, 11) is 0. The molecule has 1 aliphatic carbocycles. The molecule has 1 aliphatic rings. The van der Waals surface area contributed by atoms with Gasteiger partial charge in [-0.15, -0.1) is 0 Å². The van der Waals surface area contributed by atoms with E-state index in [1.54, 1.807) is 12.1 Å². The number of nitrogens with zero attached hydrogens (tertiary/aromatic N) is 1. The van der Waals surface area contributed by atoms with Gasteiger partial charge in [0.25, 0.3) is 0 Å². The topological polar surface area (TPSA) is 50.4 Å². The molecule has 98 valence electrons. The van der Waals surface area contributed by atoms with Crippen LogP contribution in [0.1, 0.15) is 43.2 Å².